The highest BCUT2D eigenvalue weighted by molar-refractivity contribution is 6.32. The van der Waals surface area contributed by atoms with Crippen LogP contribution in [-0.4, -0.2) is 0 Å². The minimum absolute atomic E-state index is 0.187. The highest BCUT2D eigenvalue weighted by Crippen LogP contribution is 2.59. The molecule has 0 aliphatic heterocycles. The van der Waals surface area contributed by atoms with E-state index in [2.05, 4.69) is 43.3 Å². The Kier molecular flexibility index (Phi) is 2.75. The second-order valence-electron chi connectivity index (χ2n) is 6.43. The van der Waals surface area contributed by atoms with Crippen molar-refractivity contribution in [1.29, 1.82) is 0 Å². The van der Waals surface area contributed by atoms with Crippen molar-refractivity contribution in [3.8, 4) is 0 Å². The van der Waals surface area contributed by atoms with Gasteiger partial charge in [-0.1, -0.05) is 65.7 Å². The topological polar surface area (TPSA) is 0 Å². The molecule has 0 fully saturated rings. The molecule has 0 spiro atoms. The van der Waals surface area contributed by atoms with Crippen LogP contribution in [0.1, 0.15) is 50.8 Å². The largest absolute Gasteiger partial charge is 0.0840 e. The van der Waals surface area contributed by atoms with Gasteiger partial charge in [-0.25, -0.2) is 0 Å². The van der Waals surface area contributed by atoms with Gasteiger partial charge in [-0.05, 0) is 58.0 Å². The van der Waals surface area contributed by atoms with Gasteiger partial charge in [-0.15, -0.1) is 0 Å². The molecule has 0 nitrogen and oxygen atoms in total. The number of rotatable bonds is 0. The third-order valence-electron chi connectivity index (χ3n) is 5.33. The van der Waals surface area contributed by atoms with Crippen molar-refractivity contribution in [3.63, 3.8) is 0 Å². The van der Waals surface area contributed by atoms with E-state index in [9.17, 15) is 0 Å². The third kappa shape index (κ3) is 1.63. The molecule has 0 amide bonds. The molecule has 3 aliphatic carbocycles. The van der Waals surface area contributed by atoms with Crippen molar-refractivity contribution < 1.29 is 0 Å². The van der Waals surface area contributed by atoms with Crippen LogP contribution < -0.4 is 0 Å². The summed E-state index contributed by atoms with van der Waals surface area (Å²) in [6.45, 7) is 2.18. The van der Waals surface area contributed by atoms with Crippen molar-refractivity contribution in [2.75, 3.05) is 0 Å². The second kappa shape index (κ2) is 4.63. The molecule has 3 aliphatic rings. The molecule has 0 aromatic heterocycles. The molecule has 112 valence electrons. The fourth-order valence-corrected chi connectivity index (χ4v) is 5.04. The molecule has 23 heavy (non-hydrogen) atoms. The number of halogens is 2. The van der Waals surface area contributed by atoms with Crippen LogP contribution in [0.2, 0.25) is 10.0 Å². The first-order valence-electron chi connectivity index (χ1n) is 7.84. The summed E-state index contributed by atoms with van der Waals surface area (Å²) < 4.78 is 0. The van der Waals surface area contributed by atoms with Gasteiger partial charge in [0, 0.05) is 21.9 Å². The van der Waals surface area contributed by atoms with Gasteiger partial charge in [0.15, 0.2) is 0 Å². The van der Waals surface area contributed by atoms with E-state index in [1.165, 1.54) is 38.9 Å². The number of hydrogen-bond donors (Lipinski definition) is 0. The van der Waals surface area contributed by atoms with Crippen LogP contribution in [-0.2, 0) is 0 Å². The van der Waals surface area contributed by atoms with E-state index in [0.717, 1.165) is 10.0 Å². The van der Waals surface area contributed by atoms with E-state index in [4.69, 9.17) is 23.2 Å². The Morgan fingerprint density at radius 1 is 0.609 bits per heavy atom. The molecule has 3 aromatic carbocycles. The summed E-state index contributed by atoms with van der Waals surface area (Å²) in [6.07, 6.45) is 0. The second-order valence-corrected chi connectivity index (χ2v) is 7.24. The molecule has 0 heterocycles. The van der Waals surface area contributed by atoms with Crippen LogP contribution in [0.4, 0.5) is 0 Å². The Morgan fingerprint density at radius 3 is 2.04 bits per heavy atom. The summed E-state index contributed by atoms with van der Waals surface area (Å²) in [5.41, 5.74) is 9.21. The van der Waals surface area contributed by atoms with E-state index in [-0.39, 0.29) is 11.8 Å². The number of aryl methyl sites for hydroxylation is 1. The van der Waals surface area contributed by atoms with E-state index >= 15 is 0 Å². The van der Waals surface area contributed by atoms with E-state index < -0.39 is 0 Å². The van der Waals surface area contributed by atoms with Crippen molar-refractivity contribution in [2.45, 2.75) is 18.8 Å². The van der Waals surface area contributed by atoms with Crippen molar-refractivity contribution >= 4 is 23.2 Å². The molecule has 0 radical (unpaired) electrons. The first kappa shape index (κ1) is 13.7. The lowest BCUT2D eigenvalue weighted by Crippen LogP contribution is -2.28. The van der Waals surface area contributed by atoms with Crippen LogP contribution in [0, 0.1) is 6.92 Å². The molecule has 2 bridgehead atoms. The SMILES string of the molecule is Cc1ccc(Cl)c2c1[C@H]1c3ccccc3[C@H]2c2cccc(Cl)c21. The maximum Gasteiger partial charge on any atom is 0.0450 e. The molecule has 6 rings (SSSR count). The maximum absolute atomic E-state index is 6.65. The monoisotopic (exact) mass is 336 g/mol. The van der Waals surface area contributed by atoms with Crippen LogP contribution in [0.5, 0.6) is 0 Å². The molecule has 2 atom stereocenters. The average molecular weight is 337 g/mol. The van der Waals surface area contributed by atoms with Crippen molar-refractivity contribution in [3.05, 3.63) is 104 Å². The first-order chi connectivity index (χ1) is 11.2. The Morgan fingerprint density at radius 2 is 1.26 bits per heavy atom. The van der Waals surface area contributed by atoms with Crippen molar-refractivity contribution in [2.24, 2.45) is 0 Å². The zero-order chi connectivity index (χ0) is 15.7. The summed E-state index contributed by atoms with van der Waals surface area (Å²) in [5, 5.41) is 1.72. The predicted octanol–water partition coefficient (Wildman–Crippen LogP) is 6.29. The highest BCUT2D eigenvalue weighted by atomic mass is 35.5. The lowest BCUT2D eigenvalue weighted by atomic mass is 9.60. The predicted molar refractivity (Wildman–Crippen MR) is 96.0 cm³/mol. The zero-order valence-electron chi connectivity index (χ0n) is 12.6. The summed E-state index contributed by atoms with van der Waals surface area (Å²) in [6, 6.07) is 19.1. The van der Waals surface area contributed by atoms with Crippen LogP contribution in [0.25, 0.3) is 0 Å². The molecular formula is C21H14Cl2. The highest BCUT2D eigenvalue weighted by Gasteiger charge is 2.43. The molecule has 0 N–H and O–H groups in total. The summed E-state index contributed by atoms with van der Waals surface area (Å²) >= 11 is 13.3. The van der Waals surface area contributed by atoms with Crippen LogP contribution >= 0.6 is 23.2 Å². The van der Waals surface area contributed by atoms with Crippen LogP contribution in [0.3, 0.4) is 0 Å². The van der Waals surface area contributed by atoms with Gasteiger partial charge < -0.3 is 0 Å². The summed E-state index contributed by atoms with van der Waals surface area (Å²) in [5.74, 6) is 0.376. The van der Waals surface area contributed by atoms with Gasteiger partial charge >= 0.3 is 0 Å². The lowest BCUT2D eigenvalue weighted by molar-refractivity contribution is 0.749. The van der Waals surface area contributed by atoms with Gasteiger partial charge in [0.2, 0.25) is 0 Å². The van der Waals surface area contributed by atoms with Gasteiger partial charge in [0.05, 0.1) is 0 Å². The van der Waals surface area contributed by atoms with Gasteiger partial charge in [-0.3, -0.25) is 0 Å². The van der Waals surface area contributed by atoms with Gasteiger partial charge in [0.1, 0.15) is 0 Å². The summed E-state index contributed by atoms with van der Waals surface area (Å²) in [7, 11) is 0. The quantitative estimate of drug-likeness (QED) is 0.311. The Labute approximate surface area is 145 Å². The Bertz CT molecular complexity index is 972. The maximum atomic E-state index is 6.65. The lowest BCUT2D eigenvalue weighted by Gasteiger charge is -2.43. The van der Waals surface area contributed by atoms with E-state index in [1.807, 2.05) is 18.2 Å². The normalized spacial score (nSPS) is 20.0. The molecule has 0 unspecified atom stereocenters. The van der Waals surface area contributed by atoms with Gasteiger partial charge in [0.25, 0.3) is 0 Å². The minimum Gasteiger partial charge on any atom is -0.0840 e. The standard InChI is InChI=1S/C21H14Cl2/c1-11-9-10-16(23)21-17(11)20-13-6-3-2-5-12(13)18(21)14-7-4-8-15(22)19(14)20/h2-10,18,20H,1H3/t18-,20+/m0/s1. The molecule has 3 aromatic rings. The van der Waals surface area contributed by atoms with Gasteiger partial charge in [-0.2, -0.15) is 0 Å². The first-order valence-corrected chi connectivity index (χ1v) is 8.60. The fourth-order valence-electron chi connectivity index (χ4n) is 4.48. The molecule has 2 heteroatoms. The Hall–Kier alpha value is -1.76. The van der Waals surface area contributed by atoms with E-state index in [1.54, 1.807) is 0 Å². The average Bonchev–Trinajstić information content (AvgIpc) is 2.58. The molecule has 0 saturated carbocycles. The zero-order valence-corrected chi connectivity index (χ0v) is 14.1. The molecule has 0 saturated heterocycles. The van der Waals surface area contributed by atoms with Crippen LogP contribution in [0.15, 0.2) is 54.6 Å². The fraction of sp³-hybridized carbons (Fsp3) is 0.143. The number of benzene rings is 3. The smallest absolute Gasteiger partial charge is 0.0450 e. The number of hydrogen-bond acceptors (Lipinski definition) is 0. The van der Waals surface area contributed by atoms with E-state index in [0.29, 0.717) is 0 Å². The Balaban J connectivity index is 1.98. The summed E-state index contributed by atoms with van der Waals surface area (Å²) in [4.78, 5) is 0. The minimum atomic E-state index is 0.187. The molecular weight excluding hydrogens is 323 g/mol. The third-order valence-corrected chi connectivity index (χ3v) is 5.99. The van der Waals surface area contributed by atoms with Crippen molar-refractivity contribution in [1.82, 2.24) is 0 Å².